The van der Waals surface area contributed by atoms with Gasteiger partial charge in [0.1, 0.15) is 22.6 Å². The summed E-state index contributed by atoms with van der Waals surface area (Å²) in [7, 11) is 0. The van der Waals surface area contributed by atoms with Crippen LogP contribution >= 0.6 is 11.3 Å². The van der Waals surface area contributed by atoms with E-state index < -0.39 is 41.6 Å². The third kappa shape index (κ3) is 5.78. The van der Waals surface area contributed by atoms with Gasteiger partial charge in [-0.3, -0.25) is 9.59 Å². The molecule has 2 rings (SSSR count). The van der Waals surface area contributed by atoms with E-state index in [0.29, 0.717) is 12.5 Å². The first-order chi connectivity index (χ1) is 13.6. The molecule has 29 heavy (non-hydrogen) atoms. The molecule has 2 aromatic rings. The van der Waals surface area contributed by atoms with E-state index in [1.54, 1.807) is 6.92 Å². The number of carboxylic acids is 1. The van der Waals surface area contributed by atoms with E-state index in [1.807, 2.05) is 0 Å². The minimum Gasteiger partial charge on any atom is -0.477 e. The van der Waals surface area contributed by atoms with E-state index in [0.717, 1.165) is 23.5 Å². The van der Waals surface area contributed by atoms with Crippen molar-refractivity contribution < 1.29 is 33.4 Å². The van der Waals surface area contributed by atoms with E-state index in [4.69, 9.17) is 5.11 Å². The van der Waals surface area contributed by atoms with Gasteiger partial charge in [-0.2, -0.15) is 0 Å². The number of amides is 2. The predicted octanol–water partition coefficient (Wildman–Crippen LogP) is 2.38. The molecule has 8 nitrogen and oxygen atoms in total. The van der Waals surface area contributed by atoms with Crippen LogP contribution in [-0.2, 0) is 9.59 Å². The van der Waals surface area contributed by atoms with Gasteiger partial charge in [-0.25, -0.2) is 18.6 Å². The first kappa shape index (κ1) is 22.4. The lowest BCUT2D eigenvalue weighted by Gasteiger charge is -2.19. The smallest absolute Gasteiger partial charge is 0.347 e. The van der Waals surface area contributed by atoms with Crippen molar-refractivity contribution in [2.75, 3.05) is 5.32 Å². The van der Waals surface area contributed by atoms with Crippen LogP contribution in [0.15, 0.2) is 18.2 Å². The number of nitrogens with one attached hydrogen (secondary N) is 2. The molecule has 0 fully saturated rings. The highest BCUT2D eigenvalue weighted by Gasteiger charge is 2.26. The number of aromatic nitrogens is 1. The molecule has 0 aliphatic heterocycles. The summed E-state index contributed by atoms with van der Waals surface area (Å²) in [5.74, 6) is -4.76. The van der Waals surface area contributed by atoms with Gasteiger partial charge in [-0.15, -0.1) is 0 Å². The minimum atomic E-state index is -1.88. The van der Waals surface area contributed by atoms with E-state index in [9.17, 15) is 28.3 Å². The third-order valence-corrected chi connectivity index (χ3v) is 4.94. The molecular formula is C18H19F2N3O5S. The van der Waals surface area contributed by atoms with Crippen molar-refractivity contribution in [3.8, 4) is 0 Å². The second kappa shape index (κ2) is 9.52. The van der Waals surface area contributed by atoms with Crippen molar-refractivity contribution in [3.05, 3.63) is 46.0 Å². The molecule has 1 aromatic carbocycles. The molecule has 11 heteroatoms. The number of aromatic carboxylic acids is 1. The van der Waals surface area contributed by atoms with Crippen LogP contribution in [0.2, 0.25) is 0 Å². The Morgan fingerprint density at radius 1 is 1.17 bits per heavy atom. The maximum atomic E-state index is 13.3. The van der Waals surface area contributed by atoms with E-state index in [1.165, 1.54) is 6.92 Å². The average molecular weight is 427 g/mol. The van der Waals surface area contributed by atoms with Crippen LogP contribution in [0.3, 0.4) is 0 Å². The number of halogens is 2. The Morgan fingerprint density at radius 2 is 1.79 bits per heavy atom. The summed E-state index contributed by atoms with van der Waals surface area (Å²) < 4.78 is 26.6. The highest BCUT2D eigenvalue weighted by Crippen LogP contribution is 2.23. The Balaban J connectivity index is 2.11. The molecule has 0 spiro atoms. The molecule has 4 N–H and O–H groups in total. The largest absolute Gasteiger partial charge is 0.477 e. The number of hydrogen-bond acceptors (Lipinski definition) is 6. The Kier molecular flexibility index (Phi) is 7.35. The zero-order valence-corrected chi connectivity index (χ0v) is 16.3. The normalized spacial score (nSPS) is 12.9. The second-order valence-corrected chi connectivity index (χ2v) is 7.18. The van der Waals surface area contributed by atoms with Gasteiger partial charge >= 0.3 is 5.97 Å². The van der Waals surface area contributed by atoms with E-state index >= 15 is 0 Å². The molecule has 156 valence electrons. The first-order valence-electron chi connectivity index (χ1n) is 8.58. The first-order valence-corrected chi connectivity index (χ1v) is 9.40. The van der Waals surface area contributed by atoms with Crippen LogP contribution in [0.5, 0.6) is 0 Å². The maximum absolute atomic E-state index is 13.3. The number of carbonyl (C=O) groups is 3. The van der Waals surface area contributed by atoms with Crippen molar-refractivity contribution in [3.63, 3.8) is 0 Å². The molecule has 0 unspecified atom stereocenters. The van der Waals surface area contributed by atoms with Gasteiger partial charge in [0.2, 0.25) is 5.91 Å². The minimum absolute atomic E-state index is 0.0278. The van der Waals surface area contributed by atoms with Crippen molar-refractivity contribution >= 4 is 34.3 Å². The van der Waals surface area contributed by atoms with Crippen LogP contribution < -0.4 is 10.6 Å². The summed E-state index contributed by atoms with van der Waals surface area (Å²) in [6, 6.07) is 1.16. The Hall–Kier alpha value is -2.92. The zero-order valence-electron chi connectivity index (χ0n) is 15.5. The van der Waals surface area contributed by atoms with Gasteiger partial charge in [0.25, 0.3) is 5.91 Å². The number of carbonyl (C=O) groups excluding carboxylic acids is 2. The fraction of sp³-hybridized carbons (Fsp3) is 0.333. The Morgan fingerprint density at radius 3 is 2.31 bits per heavy atom. The topological polar surface area (TPSA) is 129 Å². The number of aryl methyl sites for hydroxylation is 1. The summed E-state index contributed by atoms with van der Waals surface area (Å²) in [5, 5.41) is 23.9. The Bertz CT molecular complexity index is 914. The average Bonchev–Trinajstić information content (AvgIpc) is 3.00. The molecule has 2 atom stereocenters. The highest BCUT2D eigenvalue weighted by atomic mass is 32.1. The standard InChI is InChI=1S/C18H19F2N3O5S/c1-3-4-12(15(25)23-18-21-8(2)14(29-18)17(27)28)22-16(26)13(24)9-5-10(19)7-11(20)6-9/h5-7,12-13,24H,3-4H2,1-2H3,(H,22,26)(H,27,28)(H,21,23,25)/t12-,13-/m0/s1. The summed E-state index contributed by atoms with van der Waals surface area (Å²) >= 11 is 0.769. The van der Waals surface area contributed by atoms with Crippen molar-refractivity contribution in [1.29, 1.82) is 0 Å². The number of benzene rings is 1. The lowest BCUT2D eigenvalue weighted by Crippen LogP contribution is -2.45. The molecule has 0 aliphatic rings. The van der Waals surface area contributed by atoms with Gasteiger partial charge in [0.15, 0.2) is 11.2 Å². The quantitative estimate of drug-likeness (QED) is 0.512. The molecule has 0 saturated carbocycles. The highest BCUT2D eigenvalue weighted by molar-refractivity contribution is 7.17. The number of hydrogen-bond donors (Lipinski definition) is 4. The van der Waals surface area contributed by atoms with Gasteiger partial charge in [-0.1, -0.05) is 24.7 Å². The summed E-state index contributed by atoms with van der Waals surface area (Å²) in [5.41, 5.74) is -0.0604. The van der Waals surface area contributed by atoms with E-state index in [2.05, 4.69) is 15.6 Å². The number of carboxylic acid groups (broad SMARTS) is 1. The van der Waals surface area contributed by atoms with Crippen LogP contribution in [0.4, 0.5) is 13.9 Å². The van der Waals surface area contributed by atoms with Crippen LogP contribution in [0, 0.1) is 18.6 Å². The van der Waals surface area contributed by atoms with Crippen LogP contribution in [0.1, 0.15) is 46.8 Å². The van der Waals surface area contributed by atoms with E-state index in [-0.39, 0.29) is 27.7 Å². The monoisotopic (exact) mass is 427 g/mol. The second-order valence-electron chi connectivity index (χ2n) is 6.18. The number of thiazole rings is 1. The fourth-order valence-electron chi connectivity index (χ4n) is 2.53. The lowest BCUT2D eigenvalue weighted by atomic mass is 10.1. The van der Waals surface area contributed by atoms with Gasteiger partial charge < -0.3 is 20.8 Å². The molecule has 1 aromatic heterocycles. The SMILES string of the molecule is CCC[C@H](NC(=O)[C@@H](O)c1cc(F)cc(F)c1)C(=O)Nc1nc(C)c(C(=O)O)s1. The summed E-state index contributed by atoms with van der Waals surface area (Å²) in [6.07, 6.45) is -1.17. The number of aliphatic hydroxyl groups is 1. The predicted molar refractivity (Wildman–Crippen MR) is 101 cm³/mol. The van der Waals surface area contributed by atoms with Crippen LogP contribution in [-0.4, -0.2) is 39.0 Å². The van der Waals surface area contributed by atoms with Gasteiger partial charge in [0.05, 0.1) is 5.69 Å². The molecule has 0 bridgehead atoms. The summed E-state index contributed by atoms with van der Waals surface area (Å²) in [4.78, 5) is 39.8. The number of aliphatic hydroxyl groups excluding tert-OH is 1. The molecular weight excluding hydrogens is 408 g/mol. The van der Waals surface area contributed by atoms with Gasteiger partial charge in [-0.05, 0) is 31.0 Å². The zero-order chi connectivity index (χ0) is 21.7. The third-order valence-electron chi connectivity index (χ3n) is 3.88. The molecule has 2 amide bonds. The fourth-order valence-corrected chi connectivity index (χ4v) is 3.34. The summed E-state index contributed by atoms with van der Waals surface area (Å²) in [6.45, 7) is 3.25. The molecule has 0 saturated heterocycles. The van der Waals surface area contributed by atoms with Crippen molar-refractivity contribution in [1.82, 2.24) is 10.3 Å². The van der Waals surface area contributed by atoms with Crippen LogP contribution in [0.25, 0.3) is 0 Å². The van der Waals surface area contributed by atoms with Crippen molar-refractivity contribution in [2.45, 2.75) is 38.8 Å². The van der Waals surface area contributed by atoms with Crippen molar-refractivity contribution in [2.24, 2.45) is 0 Å². The Labute approximate surface area is 168 Å². The molecule has 0 radical (unpaired) electrons. The number of anilines is 1. The molecule has 0 aliphatic carbocycles. The van der Waals surface area contributed by atoms with Gasteiger partial charge in [0, 0.05) is 6.07 Å². The number of nitrogens with zero attached hydrogens (tertiary/aromatic N) is 1. The maximum Gasteiger partial charge on any atom is 0.347 e. The number of rotatable bonds is 8. The molecule has 1 heterocycles. The lowest BCUT2D eigenvalue weighted by molar-refractivity contribution is -0.133.